The Hall–Kier alpha value is -5.67. The van der Waals surface area contributed by atoms with Crippen molar-refractivity contribution in [3.63, 3.8) is 0 Å². The molecule has 11 heteroatoms. The predicted octanol–water partition coefficient (Wildman–Crippen LogP) is 8.54. The van der Waals surface area contributed by atoms with Crippen molar-refractivity contribution >= 4 is 26.0 Å². The maximum absolute atomic E-state index is 14.1. The van der Waals surface area contributed by atoms with Crippen molar-refractivity contribution < 1.29 is 42.3 Å². The van der Waals surface area contributed by atoms with E-state index in [1.807, 2.05) is 97.1 Å². The predicted molar refractivity (Wildman–Crippen MR) is 183 cm³/mol. The molecule has 0 aromatic heterocycles. The third kappa shape index (κ3) is 11.2. The SMILES string of the molecule is O=C(NC(=Cc1ccc(OP(=O)(OCc2ccccc2)OCc2ccccc2)c(OCc2ccccc2)c1)C(=O)O)OCc1ccccc1. The maximum atomic E-state index is 14.1. The number of carbonyl (C=O) groups is 2. The first-order valence-electron chi connectivity index (χ1n) is 15.3. The number of phosphoric ester groups is 1. The molecule has 0 atom stereocenters. The molecule has 0 aliphatic heterocycles. The molecule has 0 aliphatic carbocycles. The standard InChI is InChI=1S/C38H34NO9P/c40-37(41)34(39-38(42)45-26-30-15-7-2-8-16-30)23-33-21-22-35(36(24-33)44-25-29-13-5-1-6-14-29)48-49(43,46-27-31-17-9-3-10-18-31)47-28-32-19-11-4-12-20-32/h1-24H,25-28H2,(H,39,42)(H,40,41). The van der Waals surface area contributed by atoms with E-state index in [0.717, 1.165) is 22.3 Å². The van der Waals surface area contributed by atoms with Crippen molar-refractivity contribution in [2.75, 3.05) is 0 Å². The van der Waals surface area contributed by atoms with E-state index in [1.54, 1.807) is 24.3 Å². The Morgan fingerprint density at radius 1 is 0.612 bits per heavy atom. The van der Waals surface area contributed by atoms with Crippen LogP contribution in [0.2, 0.25) is 0 Å². The molecule has 0 saturated heterocycles. The van der Waals surface area contributed by atoms with Gasteiger partial charge in [0.15, 0.2) is 11.5 Å². The Balaban J connectivity index is 1.40. The number of hydrogen-bond acceptors (Lipinski definition) is 8. The van der Waals surface area contributed by atoms with Crippen LogP contribution in [0.15, 0.2) is 145 Å². The summed E-state index contributed by atoms with van der Waals surface area (Å²) >= 11 is 0. The van der Waals surface area contributed by atoms with Crippen molar-refractivity contribution in [1.82, 2.24) is 5.32 Å². The van der Waals surface area contributed by atoms with Crippen LogP contribution in [-0.4, -0.2) is 17.2 Å². The summed E-state index contributed by atoms with van der Waals surface area (Å²) in [5, 5.41) is 12.1. The van der Waals surface area contributed by atoms with Crippen LogP contribution < -0.4 is 14.6 Å². The molecule has 0 heterocycles. The van der Waals surface area contributed by atoms with E-state index in [1.165, 1.54) is 24.3 Å². The van der Waals surface area contributed by atoms with E-state index in [2.05, 4.69) is 5.32 Å². The van der Waals surface area contributed by atoms with Gasteiger partial charge in [-0.15, -0.1) is 0 Å². The zero-order chi connectivity index (χ0) is 34.3. The molecular weight excluding hydrogens is 645 g/mol. The summed E-state index contributed by atoms with van der Waals surface area (Å²) < 4.78 is 43.0. The van der Waals surface area contributed by atoms with Crippen LogP contribution in [0, 0.1) is 0 Å². The molecule has 5 rings (SSSR count). The average molecular weight is 680 g/mol. The number of hydrogen-bond donors (Lipinski definition) is 2. The zero-order valence-electron chi connectivity index (χ0n) is 26.3. The summed E-state index contributed by atoms with van der Waals surface area (Å²) in [7, 11) is -4.27. The Bertz CT molecular complexity index is 1840. The first kappa shape index (κ1) is 34.7. The highest BCUT2D eigenvalue weighted by Gasteiger charge is 2.31. The fraction of sp³-hybridized carbons (Fsp3) is 0.105. The molecule has 0 spiro atoms. The molecule has 49 heavy (non-hydrogen) atoms. The van der Waals surface area contributed by atoms with E-state index < -0.39 is 25.6 Å². The zero-order valence-corrected chi connectivity index (χ0v) is 27.2. The molecule has 2 N–H and O–H groups in total. The van der Waals surface area contributed by atoms with Crippen LogP contribution in [-0.2, 0) is 49.6 Å². The van der Waals surface area contributed by atoms with Gasteiger partial charge < -0.3 is 19.1 Å². The third-order valence-electron chi connectivity index (χ3n) is 6.87. The van der Waals surface area contributed by atoms with E-state index in [9.17, 15) is 19.3 Å². The van der Waals surface area contributed by atoms with Crippen molar-refractivity contribution in [3.8, 4) is 11.5 Å². The summed E-state index contributed by atoms with van der Waals surface area (Å²) in [5.41, 5.74) is 2.99. The number of carbonyl (C=O) groups excluding carboxylic acids is 1. The first-order chi connectivity index (χ1) is 23.8. The Morgan fingerprint density at radius 2 is 1.08 bits per heavy atom. The number of rotatable bonds is 16. The lowest BCUT2D eigenvalue weighted by Crippen LogP contribution is -2.27. The minimum Gasteiger partial charge on any atom is -0.485 e. The Labute approximate surface area is 284 Å². The quantitative estimate of drug-likeness (QED) is 0.0778. The van der Waals surface area contributed by atoms with Crippen molar-refractivity contribution in [2.24, 2.45) is 0 Å². The highest BCUT2D eigenvalue weighted by atomic mass is 31.2. The summed E-state index contributed by atoms with van der Waals surface area (Å²) in [4.78, 5) is 24.5. The molecule has 250 valence electrons. The average Bonchev–Trinajstić information content (AvgIpc) is 3.14. The number of alkyl carbamates (subject to hydrolysis) is 1. The van der Waals surface area contributed by atoms with Gasteiger partial charge in [0, 0.05) is 0 Å². The minimum atomic E-state index is -4.27. The molecule has 1 amide bonds. The van der Waals surface area contributed by atoms with Crippen molar-refractivity contribution in [1.29, 1.82) is 0 Å². The second kappa shape index (κ2) is 17.5. The smallest absolute Gasteiger partial charge is 0.485 e. The van der Waals surface area contributed by atoms with E-state index >= 15 is 0 Å². The van der Waals surface area contributed by atoms with Crippen molar-refractivity contribution in [2.45, 2.75) is 26.4 Å². The fourth-order valence-electron chi connectivity index (χ4n) is 4.39. The monoisotopic (exact) mass is 679 g/mol. The molecule has 0 fully saturated rings. The van der Waals surface area contributed by atoms with Crippen LogP contribution >= 0.6 is 7.82 Å². The molecule has 0 aliphatic rings. The summed E-state index contributed by atoms with van der Waals surface area (Å²) in [6.07, 6.45) is 0.299. The fourth-order valence-corrected chi connectivity index (χ4v) is 5.58. The van der Waals surface area contributed by atoms with E-state index in [-0.39, 0.29) is 37.9 Å². The summed E-state index contributed by atoms with van der Waals surface area (Å²) in [6.45, 7) is -0.0357. The van der Waals surface area contributed by atoms with Gasteiger partial charge in [-0.2, -0.15) is 0 Å². The number of ether oxygens (including phenoxy) is 2. The number of phosphoric acid groups is 1. The molecule has 5 aromatic carbocycles. The van der Waals surface area contributed by atoms with Crippen LogP contribution in [0.25, 0.3) is 6.08 Å². The molecular formula is C38H34NO9P. The lowest BCUT2D eigenvalue weighted by Gasteiger charge is -2.21. The Kier molecular flexibility index (Phi) is 12.4. The number of amides is 1. The molecule has 0 radical (unpaired) electrons. The van der Waals surface area contributed by atoms with E-state index in [0.29, 0.717) is 5.56 Å². The summed E-state index contributed by atoms with van der Waals surface area (Å²) in [5.74, 6) is -1.23. The molecule has 10 nitrogen and oxygen atoms in total. The molecule has 0 saturated carbocycles. The van der Waals surface area contributed by atoms with Gasteiger partial charge in [0.05, 0.1) is 13.2 Å². The largest absolute Gasteiger partial charge is 0.530 e. The molecule has 0 unspecified atom stereocenters. The lowest BCUT2D eigenvalue weighted by atomic mass is 10.1. The molecule has 0 bridgehead atoms. The second-order valence-electron chi connectivity index (χ2n) is 10.6. The van der Waals surface area contributed by atoms with Crippen LogP contribution in [0.5, 0.6) is 11.5 Å². The molecule has 5 aromatic rings. The lowest BCUT2D eigenvalue weighted by molar-refractivity contribution is -0.132. The van der Waals surface area contributed by atoms with Crippen LogP contribution in [0.4, 0.5) is 4.79 Å². The van der Waals surface area contributed by atoms with E-state index in [4.69, 9.17) is 23.0 Å². The normalized spacial score (nSPS) is 11.4. The minimum absolute atomic E-state index is 0.0321. The number of carboxylic acids is 1. The topological polar surface area (TPSA) is 130 Å². The highest BCUT2D eigenvalue weighted by Crippen LogP contribution is 2.53. The van der Waals surface area contributed by atoms with Crippen LogP contribution in [0.1, 0.15) is 27.8 Å². The highest BCUT2D eigenvalue weighted by molar-refractivity contribution is 7.48. The summed E-state index contributed by atoms with van der Waals surface area (Å²) in [6, 6.07) is 41.1. The van der Waals surface area contributed by atoms with Gasteiger partial charge in [-0.05, 0) is 46.0 Å². The number of aliphatic carboxylic acids is 1. The first-order valence-corrected chi connectivity index (χ1v) is 16.7. The number of nitrogens with one attached hydrogen (secondary N) is 1. The maximum Gasteiger partial charge on any atom is 0.530 e. The van der Waals surface area contributed by atoms with Crippen molar-refractivity contribution in [3.05, 3.63) is 173 Å². The van der Waals surface area contributed by atoms with Gasteiger partial charge in [-0.3, -0.25) is 14.4 Å². The third-order valence-corrected chi connectivity index (χ3v) is 8.18. The Morgan fingerprint density at radius 3 is 1.57 bits per heavy atom. The second-order valence-corrected chi connectivity index (χ2v) is 12.2. The van der Waals surface area contributed by atoms with Gasteiger partial charge >= 0.3 is 19.9 Å². The van der Waals surface area contributed by atoms with Gasteiger partial charge in [-0.1, -0.05) is 127 Å². The van der Waals surface area contributed by atoms with Crippen LogP contribution in [0.3, 0.4) is 0 Å². The van der Waals surface area contributed by atoms with Gasteiger partial charge in [-0.25, -0.2) is 14.2 Å². The number of carboxylic acid groups (broad SMARTS) is 1. The van der Waals surface area contributed by atoms with Gasteiger partial charge in [0.1, 0.15) is 18.9 Å². The number of benzene rings is 5. The van der Waals surface area contributed by atoms with Gasteiger partial charge in [0.25, 0.3) is 0 Å². The van der Waals surface area contributed by atoms with Gasteiger partial charge in [0.2, 0.25) is 0 Å².